The number of halogens is 2. The molecule has 1 unspecified atom stereocenters. The maximum absolute atomic E-state index is 13.3. The summed E-state index contributed by atoms with van der Waals surface area (Å²) in [6.45, 7) is 3.72. The number of piperazine rings is 1. The number of nitrogens with zero attached hydrogens (tertiary/aromatic N) is 6. The lowest BCUT2D eigenvalue weighted by Crippen LogP contribution is -2.49. The van der Waals surface area contributed by atoms with Crippen LogP contribution >= 0.6 is 0 Å². The van der Waals surface area contributed by atoms with Crippen LogP contribution in [0, 0.1) is 5.92 Å². The first-order valence-corrected chi connectivity index (χ1v) is 9.78. The maximum Gasteiger partial charge on any atom is 0.248 e. The third-order valence-electron chi connectivity index (χ3n) is 4.73. The van der Waals surface area contributed by atoms with Gasteiger partial charge in [-0.15, -0.1) is 0 Å². The molecule has 1 aliphatic heterocycles. The predicted molar refractivity (Wildman–Crippen MR) is 83.4 cm³/mol. The summed E-state index contributed by atoms with van der Waals surface area (Å²) in [6.07, 6.45) is 0.256. The Kier molecular flexibility index (Phi) is 4.73. The summed E-state index contributed by atoms with van der Waals surface area (Å²) >= 11 is 0. The van der Waals surface area contributed by atoms with E-state index in [4.69, 9.17) is 0 Å². The summed E-state index contributed by atoms with van der Waals surface area (Å²) in [5.41, 5.74) is 0. The Hall–Kier alpha value is -1.36. The second kappa shape index (κ2) is 6.51. The van der Waals surface area contributed by atoms with Crippen molar-refractivity contribution in [2.24, 2.45) is 5.92 Å². The minimum atomic E-state index is -3.19. The molecule has 1 aliphatic carbocycles. The molecule has 1 atom stereocenters. The Balaban J connectivity index is 1.62. The lowest BCUT2D eigenvalue weighted by molar-refractivity contribution is 0.00421. The number of aromatic nitrogens is 4. The van der Waals surface area contributed by atoms with Gasteiger partial charge in [-0.1, -0.05) is 5.10 Å². The molecule has 0 spiro atoms. The molecule has 1 aromatic rings. The van der Waals surface area contributed by atoms with Gasteiger partial charge in [-0.2, -0.15) is 4.31 Å². The molecule has 136 valence electrons. The van der Waals surface area contributed by atoms with Gasteiger partial charge in [0.25, 0.3) is 0 Å². The Morgan fingerprint density at radius 3 is 2.54 bits per heavy atom. The smallest absolute Gasteiger partial charge is 0.248 e. The van der Waals surface area contributed by atoms with Crippen molar-refractivity contribution in [1.82, 2.24) is 24.5 Å². The van der Waals surface area contributed by atoms with Crippen LogP contribution in [0.2, 0.25) is 0 Å². The molecule has 1 aromatic heterocycles. The van der Waals surface area contributed by atoms with Crippen LogP contribution in [0.3, 0.4) is 0 Å². The van der Waals surface area contributed by atoms with Gasteiger partial charge in [0, 0.05) is 45.6 Å². The van der Waals surface area contributed by atoms with E-state index in [1.54, 1.807) is 11.6 Å². The molecule has 0 N–H and O–H groups in total. The molecule has 2 fully saturated rings. The minimum absolute atomic E-state index is 0.0807. The largest absolute Gasteiger partial charge is 0.337 e. The van der Waals surface area contributed by atoms with Crippen molar-refractivity contribution >= 4 is 16.0 Å². The molecular formula is C13H22F2N6O2S. The van der Waals surface area contributed by atoms with Crippen molar-refractivity contribution in [3.8, 4) is 0 Å². The van der Waals surface area contributed by atoms with Crippen LogP contribution < -0.4 is 4.90 Å². The van der Waals surface area contributed by atoms with Crippen molar-refractivity contribution in [1.29, 1.82) is 0 Å². The van der Waals surface area contributed by atoms with Crippen LogP contribution in [0.25, 0.3) is 0 Å². The van der Waals surface area contributed by atoms with E-state index >= 15 is 0 Å². The van der Waals surface area contributed by atoms with Crippen molar-refractivity contribution < 1.29 is 17.2 Å². The van der Waals surface area contributed by atoms with E-state index in [-0.39, 0.29) is 24.5 Å². The molecule has 0 radical (unpaired) electrons. The molecule has 0 aromatic carbocycles. The monoisotopic (exact) mass is 364 g/mol. The Bertz CT molecular complexity index is 672. The van der Waals surface area contributed by atoms with Crippen LogP contribution in [0.1, 0.15) is 26.2 Å². The summed E-state index contributed by atoms with van der Waals surface area (Å²) in [5.74, 6) is -2.11. The van der Waals surface area contributed by atoms with Crippen molar-refractivity contribution in [3.05, 3.63) is 0 Å². The molecule has 3 rings (SSSR count). The molecular weight excluding hydrogens is 342 g/mol. The fraction of sp³-hybridized carbons (Fsp3) is 0.923. The second-order valence-corrected chi connectivity index (χ2v) is 8.67. The van der Waals surface area contributed by atoms with Crippen LogP contribution in [-0.4, -0.2) is 70.8 Å². The van der Waals surface area contributed by atoms with E-state index < -0.39 is 15.9 Å². The van der Waals surface area contributed by atoms with E-state index in [1.807, 2.05) is 4.90 Å². The normalized spacial score (nSPS) is 25.3. The molecule has 2 aliphatic rings. The first-order chi connectivity index (χ1) is 11.3. The highest BCUT2D eigenvalue weighted by Gasteiger charge is 2.40. The fourth-order valence-corrected chi connectivity index (χ4v) is 4.42. The standard InChI is InChI=1S/C13H22F2N6O2S/c1-2-24(22,23)20-7-5-19(6-8-20)12-16-17-18-21(12)10-11-3-4-13(14,15)9-11/h11H,2-10H2,1H3. The third-order valence-corrected chi connectivity index (χ3v) is 6.61. The lowest BCUT2D eigenvalue weighted by atomic mass is 10.1. The van der Waals surface area contributed by atoms with Crippen LogP contribution in [-0.2, 0) is 16.6 Å². The van der Waals surface area contributed by atoms with Gasteiger partial charge in [-0.05, 0) is 29.7 Å². The van der Waals surface area contributed by atoms with Gasteiger partial charge in [0.15, 0.2) is 0 Å². The highest BCUT2D eigenvalue weighted by atomic mass is 32.2. The number of tetrazole rings is 1. The topological polar surface area (TPSA) is 84.2 Å². The van der Waals surface area contributed by atoms with Crippen LogP contribution in [0.5, 0.6) is 0 Å². The minimum Gasteiger partial charge on any atom is -0.337 e. The highest BCUT2D eigenvalue weighted by molar-refractivity contribution is 7.89. The fourth-order valence-electron chi connectivity index (χ4n) is 3.34. The van der Waals surface area contributed by atoms with Gasteiger partial charge in [0.05, 0.1) is 5.75 Å². The summed E-state index contributed by atoms with van der Waals surface area (Å²) < 4.78 is 53.5. The molecule has 0 bridgehead atoms. The summed E-state index contributed by atoms with van der Waals surface area (Å²) in [4.78, 5) is 1.91. The summed E-state index contributed by atoms with van der Waals surface area (Å²) in [7, 11) is -3.19. The number of hydrogen-bond donors (Lipinski definition) is 0. The zero-order chi connectivity index (χ0) is 17.4. The summed E-state index contributed by atoms with van der Waals surface area (Å²) in [5, 5.41) is 11.6. The maximum atomic E-state index is 13.3. The van der Waals surface area contributed by atoms with Gasteiger partial charge in [-0.3, -0.25) is 0 Å². The first-order valence-electron chi connectivity index (χ1n) is 8.17. The van der Waals surface area contributed by atoms with E-state index in [9.17, 15) is 17.2 Å². The molecule has 2 heterocycles. The average Bonchev–Trinajstić information content (AvgIpc) is 3.14. The molecule has 24 heavy (non-hydrogen) atoms. The van der Waals surface area contributed by atoms with E-state index in [0.717, 1.165) is 0 Å². The van der Waals surface area contributed by atoms with Gasteiger partial charge in [-0.25, -0.2) is 21.9 Å². The molecule has 8 nitrogen and oxygen atoms in total. The Morgan fingerprint density at radius 1 is 1.25 bits per heavy atom. The second-order valence-electron chi connectivity index (χ2n) is 6.41. The zero-order valence-corrected chi connectivity index (χ0v) is 14.4. The number of sulfonamides is 1. The predicted octanol–water partition coefficient (Wildman–Crippen LogP) is 0.580. The van der Waals surface area contributed by atoms with Gasteiger partial charge >= 0.3 is 0 Å². The van der Waals surface area contributed by atoms with Gasteiger partial charge < -0.3 is 4.90 Å². The molecule has 0 amide bonds. The van der Waals surface area contributed by atoms with E-state index in [2.05, 4.69) is 15.5 Å². The Labute approximate surface area is 139 Å². The third kappa shape index (κ3) is 3.66. The quantitative estimate of drug-likeness (QED) is 0.760. The van der Waals surface area contributed by atoms with Crippen molar-refractivity contribution in [3.63, 3.8) is 0 Å². The number of alkyl halides is 2. The van der Waals surface area contributed by atoms with E-state index in [0.29, 0.717) is 45.1 Å². The Morgan fingerprint density at radius 2 is 1.96 bits per heavy atom. The SMILES string of the molecule is CCS(=O)(=O)N1CCN(c2nnnn2CC2CCC(F)(F)C2)CC1. The zero-order valence-electron chi connectivity index (χ0n) is 13.6. The highest BCUT2D eigenvalue weighted by Crippen LogP contribution is 2.39. The van der Waals surface area contributed by atoms with Gasteiger partial charge in [0.2, 0.25) is 21.9 Å². The van der Waals surface area contributed by atoms with Crippen LogP contribution in [0.15, 0.2) is 0 Å². The number of rotatable bonds is 5. The first kappa shape index (κ1) is 17.5. The van der Waals surface area contributed by atoms with Gasteiger partial charge in [0.1, 0.15) is 0 Å². The number of hydrogen-bond acceptors (Lipinski definition) is 6. The van der Waals surface area contributed by atoms with E-state index in [1.165, 1.54) is 4.31 Å². The molecule has 1 saturated carbocycles. The van der Waals surface area contributed by atoms with Crippen LogP contribution in [0.4, 0.5) is 14.7 Å². The summed E-state index contributed by atoms with van der Waals surface area (Å²) in [6, 6.07) is 0. The number of anilines is 1. The van der Waals surface area contributed by atoms with Crippen molar-refractivity contribution in [2.75, 3.05) is 36.8 Å². The lowest BCUT2D eigenvalue weighted by Gasteiger charge is -2.34. The average molecular weight is 364 g/mol. The molecule has 1 saturated heterocycles. The van der Waals surface area contributed by atoms with Crippen molar-refractivity contribution in [2.45, 2.75) is 38.7 Å². The molecule has 11 heteroatoms.